The largest absolute Gasteiger partial charge is 0.506 e. The zero-order chi connectivity index (χ0) is 41.8. The van der Waals surface area contributed by atoms with Crippen molar-refractivity contribution in [2.24, 2.45) is 17.8 Å². The van der Waals surface area contributed by atoms with E-state index in [1.807, 2.05) is 13.8 Å². The molecule has 2 aliphatic rings. The lowest BCUT2D eigenvalue weighted by Crippen LogP contribution is -2.67. The number of allylic oxidation sites excluding steroid dienone is 3. The van der Waals surface area contributed by atoms with Crippen LogP contribution in [0.25, 0.3) is 10.9 Å². The van der Waals surface area contributed by atoms with Crippen molar-refractivity contribution in [3.8, 4) is 11.5 Å². The molecule has 2 aromatic carbocycles. The van der Waals surface area contributed by atoms with E-state index in [1.54, 1.807) is 26.8 Å². The number of anilines is 1. The summed E-state index contributed by atoms with van der Waals surface area (Å²) < 4.78 is 62.2. The SMILES string of the molecule is CCC(C)[C@H](NC(=O)CC1=C(F)C=CCC1C)C(=O)N[C@]1(C(=O)N[C@H](C(=O)Nc2ccc(OC)cc2O)C(C)CC)CCc2[nH]c3c(C(F)(F)F)cccc3c2C1. The van der Waals surface area contributed by atoms with Gasteiger partial charge in [0.2, 0.25) is 23.6 Å². The van der Waals surface area contributed by atoms with Gasteiger partial charge in [-0.15, -0.1) is 0 Å². The van der Waals surface area contributed by atoms with Crippen LogP contribution in [-0.2, 0) is 38.2 Å². The number of aryl methyl sites for hydroxylation is 1. The number of alkyl halides is 3. The topological polar surface area (TPSA) is 162 Å². The molecular formula is C42H51F4N5O6. The van der Waals surface area contributed by atoms with Crippen LogP contribution >= 0.6 is 0 Å². The first-order valence-corrected chi connectivity index (χ1v) is 19.3. The van der Waals surface area contributed by atoms with Gasteiger partial charge in [0.25, 0.3) is 0 Å². The molecule has 6 atom stereocenters. The van der Waals surface area contributed by atoms with Gasteiger partial charge in [0.15, 0.2) is 0 Å². The van der Waals surface area contributed by atoms with E-state index in [1.165, 1.54) is 43.5 Å². The standard InChI is InChI=1S/C42H51F4N5O6/c1-7-22(3)35(38(54)48-32-16-15-25(57-6)19-33(32)52)50-40(56)41(18-17-31-28(21-41)26-12-10-13-29(37(26)47-31)42(44,45)46)51-39(55)36(23(4)8-2)49-34(53)20-27-24(5)11-9-14-30(27)43/h9-10,12-16,19,22-24,35-36,47,52H,7-8,11,17-18,20-21H2,1-6H3,(H,48,54)(H,49,53)(H,50,56)(H,51,55)/t22?,23?,24?,35-,36-,41+/m0/s1. The minimum absolute atomic E-state index is 0.0636. The molecule has 2 aliphatic carbocycles. The van der Waals surface area contributed by atoms with Crippen LogP contribution in [-0.4, -0.2) is 58.5 Å². The summed E-state index contributed by atoms with van der Waals surface area (Å²) in [6, 6.07) is 5.71. The Morgan fingerprint density at radius 2 is 1.70 bits per heavy atom. The second kappa shape index (κ2) is 17.4. The molecule has 0 saturated carbocycles. The molecule has 0 bridgehead atoms. The van der Waals surface area contributed by atoms with Crippen molar-refractivity contribution < 1.29 is 46.6 Å². The summed E-state index contributed by atoms with van der Waals surface area (Å²) >= 11 is 0. The number of phenolic OH excluding ortho intramolecular Hbond substituents is 1. The highest BCUT2D eigenvalue weighted by Gasteiger charge is 2.47. The molecule has 0 aliphatic heterocycles. The Morgan fingerprint density at radius 3 is 2.32 bits per heavy atom. The van der Waals surface area contributed by atoms with Crippen molar-refractivity contribution >= 4 is 40.2 Å². The lowest BCUT2D eigenvalue weighted by atomic mass is 9.78. The van der Waals surface area contributed by atoms with Crippen LogP contribution in [0.2, 0.25) is 0 Å². The predicted molar refractivity (Wildman–Crippen MR) is 208 cm³/mol. The minimum atomic E-state index is -4.67. The number of H-pyrrole nitrogens is 1. The molecule has 1 heterocycles. The number of hydrogen-bond acceptors (Lipinski definition) is 6. The van der Waals surface area contributed by atoms with Gasteiger partial charge in [-0.05, 0) is 72.4 Å². The molecule has 3 unspecified atom stereocenters. The van der Waals surface area contributed by atoms with Gasteiger partial charge in [0, 0.05) is 23.6 Å². The van der Waals surface area contributed by atoms with E-state index in [4.69, 9.17) is 4.74 Å². The predicted octanol–water partition coefficient (Wildman–Crippen LogP) is 7.15. The number of aromatic hydroxyl groups is 1. The van der Waals surface area contributed by atoms with E-state index >= 15 is 0 Å². The number of amides is 4. The van der Waals surface area contributed by atoms with Crippen LogP contribution in [0, 0.1) is 17.8 Å². The van der Waals surface area contributed by atoms with Gasteiger partial charge in [0.05, 0.1) is 30.3 Å². The molecule has 308 valence electrons. The first-order valence-electron chi connectivity index (χ1n) is 19.3. The highest BCUT2D eigenvalue weighted by Crippen LogP contribution is 2.40. The lowest BCUT2D eigenvalue weighted by Gasteiger charge is -2.39. The zero-order valence-corrected chi connectivity index (χ0v) is 33.0. The molecule has 57 heavy (non-hydrogen) atoms. The third-order valence-electron chi connectivity index (χ3n) is 11.5. The number of aromatic nitrogens is 1. The maximum absolute atomic E-state index is 14.8. The molecule has 0 spiro atoms. The van der Waals surface area contributed by atoms with Crippen LogP contribution in [0.4, 0.5) is 23.2 Å². The summed E-state index contributed by atoms with van der Waals surface area (Å²) in [7, 11) is 1.42. The minimum Gasteiger partial charge on any atom is -0.506 e. The number of benzene rings is 2. The number of carbonyl (C=O) groups excluding carboxylic acids is 4. The lowest BCUT2D eigenvalue weighted by molar-refractivity contribution is -0.138. The summed E-state index contributed by atoms with van der Waals surface area (Å²) in [5, 5.41) is 21.9. The van der Waals surface area contributed by atoms with Gasteiger partial charge >= 0.3 is 6.18 Å². The van der Waals surface area contributed by atoms with E-state index in [9.17, 15) is 41.8 Å². The molecule has 1 aromatic heterocycles. The van der Waals surface area contributed by atoms with Gasteiger partial charge in [-0.1, -0.05) is 65.7 Å². The number of nitrogens with one attached hydrogen (secondary N) is 5. The third kappa shape index (κ3) is 9.29. The number of hydrogen-bond donors (Lipinski definition) is 6. The molecule has 5 rings (SSSR count). The van der Waals surface area contributed by atoms with E-state index in [2.05, 4.69) is 26.3 Å². The molecule has 15 heteroatoms. The van der Waals surface area contributed by atoms with Gasteiger partial charge in [0.1, 0.15) is 34.9 Å². The van der Waals surface area contributed by atoms with Gasteiger partial charge in [-0.3, -0.25) is 19.2 Å². The van der Waals surface area contributed by atoms with Crippen molar-refractivity contribution in [3.05, 3.63) is 76.8 Å². The average Bonchev–Trinajstić information content (AvgIpc) is 3.54. The highest BCUT2D eigenvalue weighted by molar-refractivity contribution is 6.02. The molecule has 6 N–H and O–H groups in total. The summed E-state index contributed by atoms with van der Waals surface area (Å²) in [4.78, 5) is 59.4. The Hall–Kier alpha value is -5.34. The van der Waals surface area contributed by atoms with Crippen molar-refractivity contribution in [1.29, 1.82) is 0 Å². The quantitative estimate of drug-likeness (QED) is 0.0750. The Bertz CT molecular complexity index is 2080. The fraction of sp³-hybridized carbons (Fsp3) is 0.476. The summed E-state index contributed by atoms with van der Waals surface area (Å²) in [6.45, 7) is 8.94. The van der Waals surface area contributed by atoms with Gasteiger partial charge < -0.3 is 36.1 Å². The second-order valence-corrected chi connectivity index (χ2v) is 15.3. The number of carbonyl (C=O) groups is 4. The Kier molecular flexibility index (Phi) is 13.1. The number of para-hydroxylation sites is 1. The third-order valence-corrected chi connectivity index (χ3v) is 11.5. The summed E-state index contributed by atoms with van der Waals surface area (Å²) in [6.07, 6.45) is -0.753. The number of phenols is 1. The number of halogens is 4. The fourth-order valence-electron chi connectivity index (χ4n) is 7.53. The van der Waals surface area contributed by atoms with Crippen LogP contribution < -0.4 is 26.0 Å². The molecule has 4 amide bonds. The summed E-state index contributed by atoms with van der Waals surface area (Å²) in [5.41, 5.74) is -1.57. The molecule has 0 fully saturated rings. The number of rotatable bonds is 14. The van der Waals surface area contributed by atoms with Crippen LogP contribution in [0.3, 0.4) is 0 Å². The monoisotopic (exact) mass is 797 g/mol. The Balaban J connectivity index is 1.51. The van der Waals surface area contributed by atoms with Crippen LogP contribution in [0.15, 0.2) is 60.0 Å². The second-order valence-electron chi connectivity index (χ2n) is 15.3. The first kappa shape index (κ1) is 42.8. The highest BCUT2D eigenvalue weighted by atomic mass is 19.4. The number of ether oxygens (including phenoxy) is 1. The molecule has 11 nitrogen and oxygen atoms in total. The maximum atomic E-state index is 14.8. The molecule has 0 saturated heterocycles. The fourth-order valence-corrected chi connectivity index (χ4v) is 7.53. The number of methoxy groups -OCH3 is 1. The van der Waals surface area contributed by atoms with Crippen molar-refractivity contribution in [3.63, 3.8) is 0 Å². The van der Waals surface area contributed by atoms with E-state index in [0.29, 0.717) is 41.8 Å². The number of aromatic amines is 1. The Morgan fingerprint density at radius 1 is 1.02 bits per heavy atom. The average molecular weight is 798 g/mol. The molecule has 3 aromatic rings. The van der Waals surface area contributed by atoms with E-state index in [0.717, 1.165) is 6.07 Å². The zero-order valence-electron chi connectivity index (χ0n) is 33.0. The van der Waals surface area contributed by atoms with Crippen molar-refractivity contribution in [2.75, 3.05) is 12.4 Å². The molecule has 0 radical (unpaired) electrons. The smallest absolute Gasteiger partial charge is 0.418 e. The molecular weight excluding hydrogens is 746 g/mol. The summed E-state index contributed by atoms with van der Waals surface area (Å²) in [5.74, 6) is -4.27. The van der Waals surface area contributed by atoms with Crippen LogP contribution in [0.5, 0.6) is 11.5 Å². The van der Waals surface area contributed by atoms with E-state index < -0.39 is 70.7 Å². The van der Waals surface area contributed by atoms with Crippen molar-refractivity contribution in [2.45, 2.75) is 103 Å². The van der Waals surface area contributed by atoms with Crippen molar-refractivity contribution in [1.82, 2.24) is 20.9 Å². The normalized spacial score (nSPS) is 20.2. The first-order chi connectivity index (χ1) is 26.9. The van der Waals surface area contributed by atoms with Gasteiger partial charge in [-0.2, -0.15) is 13.2 Å². The van der Waals surface area contributed by atoms with Gasteiger partial charge in [-0.25, -0.2) is 4.39 Å². The van der Waals surface area contributed by atoms with E-state index in [-0.39, 0.29) is 53.9 Å². The maximum Gasteiger partial charge on any atom is 0.418 e. The number of fused-ring (bicyclic) bond motifs is 3. The van der Waals surface area contributed by atoms with Crippen LogP contribution in [0.1, 0.15) is 83.5 Å². The Labute approximate surface area is 329 Å².